The van der Waals surface area contributed by atoms with Crippen LogP contribution in [0.3, 0.4) is 0 Å². The minimum Gasteiger partial charge on any atom is -0.322 e. The van der Waals surface area contributed by atoms with Crippen molar-refractivity contribution in [3.8, 4) is 0 Å². The van der Waals surface area contributed by atoms with Gasteiger partial charge >= 0.3 is 6.18 Å². The number of para-hydroxylation sites is 1. The fourth-order valence-electron chi connectivity index (χ4n) is 3.52. The molecule has 1 aliphatic rings. The molecule has 4 rings (SSSR count). The van der Waals surface area contributed by atoms with Crippen LogP contribution in [0.15, 0.2) is 72.8 Å². The molecule has 1 heterocycles. The van der Waals surface area contributed by atoms with E-state index in [1.807, 2.05) is 12.1 Å². The largest absolute Gasteiger partial charge is 0.418 e. The molecule has 0 unspecified atom stereocenters. The molecule has 3 aromatic rings. The highest BCUT2D eigenvalue weighted by atomic mass is 35.5. The van der Waals surface area contributed by atoms with Crippen molar-refractivity contribution in [1.29, 1.82) is 0 Å². The minimum absolute atomic E-state index is 0.00512. The Hall–Kier alpha value is -2.97. The van der Waals surface area contributed by atoms with Crippen molar-refractivity contribution in [2.24, 2.45) is 0 Å². The Bertz CT molecular complexity index is 1170. The molecule has 33 heavy (non-hydrogen) atoms. The number of rotatable bonds is 5. The van der Waals surface area contributed by atoms with Gasteiger partial charge in [0.25, 0.3) is 5.91 Å². The van der Waals surface area contributed by atoms with Gasteiger partial charge < -0.3 is 10.2 Å². The number of benzene rings is 3. The van der Waals surface area contributed by atoms with Gasteiger partial charge in [0, 0.05) is 17.1 Å². The quantitative estimate of drug-likeness (QED) is 0.451. The van der Waals surface area contributed by atoms with Gasteiger partial charge in [-0.15, -0.1) is 11.8 Å². The van der Waals surface area contributed by atoms with Crippen LogP contribution in [0.25, 0.3) is 0 Å². The molecular formula is C24H18ClF3N2O2S. The second-order valence-electron chi connectivity index (χ2n) is 7.43. The molecule has 0 spiro atoms. The molecule has 2 amide bonds. The number of nitrogens with zero attached hydrogens (tertiary/aromatic N) is 1. The Morgan fingerprint density at radius 3 is 2.36 bits per heavy atom. The summed E-state index contributed by atoms with van der Waals surface area (Å²) in [6, 6.07) is 18.6. The fourth-order valence-corrected chi connectivity index (χ4v) is 4.83. The maximum absolute atomic E-state index is 13.2. The summed E-state index contributed by atoms with van der Waals surface area (Å²) in [5.41, 5.74) is 0.778. The van der Waals surface area contributed by atoms with Crippen molar-refractivity contribution in [2.75, 3.05) is 11.1 Å². The van der Waals surface area contributed by atoms with Crippen LogP contribution < -0.4 is 5.32 Å². The summed E-state index contributed by atoms with van der Waals surface area (Å²) in [6.45, 7) is 0.421. The lowest BCUT2D eigenvalue weighted by Crippen LogP contribution is -2.27. The molecule has 4 nitrogen and oxygen atoms in total. The van der Waals surface area contributed by atoms with Crippen LogP contribution in [0.4, 0.5) is 18.9 Å². The maximum Gasteiger partial charge on any atom is 0.418 e. The van der Waals surface area contributed by atoms with E-state index in [1.54, 1.807) is 41.3 Å². The van der Waals surface area contributed by atoms with E-state index >= 15 is 0 Å². The van der Waals surface area contributed by atoms with E-state index in [2.05, 4.69) is 5.32 Å². The fraction of sp³-hybridized carbons (Fsp3) is 0.167. The Labute approximate surface area is 197 Å². The lowest BCUT2D eigenvalue weighted by molar-refractivity contribution is -0.137. The first-order chi connectivity index (χ1) is 15.7. The van der Waals surface area contributed by atoms with Crippen LogP contribution in [0.5, 0.6) is 0 Å². The third kappa shape index (κ3) is 5.34. The van der Waals surface area contributed by atoms with Gasteiger partial charge in [0.1, 0.15) is 5.37 Å². The van der Waals surface area contributed by atoms with Gasteiger partial charge in [-0.2, -0.15) is 13.2 Å². The van der Waals surface area contributed by atoms with Crippen molar-refractivity contribution < 1.29 is 22.8 Å². The molecule has 1 saturated heterocycles. The monoisotopic (exact) mass is 490 g/mol. The summed E-state index contributed by atoms with van der Waals surface area (Å²) in [5, 5.41) is 2.73. The maximum atomic E-state index is 13.2. The highest BCUT2D eigenvalue weighted by molar-refractivity contribution is 8.00. The van der Waals surface area contributed by atoms with E-state index in [0.717, 1.165) is 17.2 Å². The highest BCUT2D eigenvalue weighted by Gasteiger charge is 2.34. The number of anilines is 1. The zero-order valence-corrected chi connectivity index (χ0v) is 18.7. The Morgan fingerprint density at radius 1 is 1.03 bits per heavy atom. The van der Waals surface area contributed by atoms with E-state index < -0.39 is 17.6 Å². The topological polar surface area (TPSA) is 49.4 Å². The molecule has 0 saturated carbocycles. The average molecular weight is 491 g/mol. The van der Waals surface area contributed by atoms with Gasteiger partial charge in [-0.05, 0) is 47.5 Å². The molecule has 0 bridgehead atoms. The number of amides is 2. The molecule has 0 aromatic heterocycles. The van der Waals surface area contributed by atoms with Gasteiger partial charge in [0.2, 0.25) is 5.91 Å². The third-order valence-electron chi connectivity index (χ3n) is 5.17. The first-order valence-electron chi connectivity index (χ1n) is 9.95. The van der Waals surface area contributed by atoms with E-state index in [4.69, 9.17) is 11.6 Å². The zero-order chi connectivity index (χ0) is 23.6. The van der Waals surface area contributed by atoms with Crippen molar-refractivity contribution in [3.05, 3.63) is 100 Å². The number of thioether (sulfide) groups is 1. The molecule has 1 atom stereocenters. The number of carbonyl (C=O) groups is 2. The predicted molar refractivity (Wildman–Crippen MR) is 123 cm³/mol. The summed E-state index contributed by atoms with van der Waals surface area (Å²) in [7, 11) is 0. The smallest absolute Gasteiger partial charge is 0.322 e. The zero-order valence-electron chi connectivity index (χ0n) is 17.1. The van der Waals surface area contributed by atoms with Gasteiger partial charge in [0.05, 0.1) is 17.0 Å². The van der Waals surface area contributed by atoms with E-state index in [-0.39, 0.29) is 22.5 Å². The van der Waals surface area contributed by atoms with Crippen LogP contribution in [0.2, 0.25) is 5.02 Å². The van der Waals surface area contributed by atoms with Gasteiger partial charge in [0.15, 0.2) is 0 Å². The SMILES string of the molecule is O=C(Nc1ccccc1C(F)(F)F)c1ccc([C@H]2SCC(=O)N2Cc2ccc(Cl)cc2)cc1. The standard InChI is InChI=1S/C24H18ClF3N2O2S/c25-18-11-5-15(6-12-18)13-30-21(31)14-33-23(30)17-9-7-16(8-10-17)22(32)29-20-4-2-1-3-19(20)24(26,27)28/h1-12,23H,13-14H2,(H,29,32)/t23-/m1/s1. The average Bonchev–Trinajstić information content (AvgIpc) is 3.15. The van der Waals surface area contributed by atoms with Gasteiger partial charge in [-0.3, -0.25) is 9.59 Å². The minimum atomic E-state index is -4.58. The van der Waals surface area contributed by atoms with Crippen LogP contribution in [-0.2, 0) is 17.5 Å². The van der Waals surface area contributed by atoms with Crippen LogP contribution in [0, 0.1) is 0 Å². The molecule has 1 aliphatic heterocycles. The first-order valence-corrected chi connectivity index (χ1v) is 11.4. The molecule has 1 N–H and O–H groups in total. The van der Waals surface area contributed by atoms with Crippen molar-refractivity contribution in [1.82, 2.24) is 4.90 Å². The number of nitrogens with one attached hydrogen (secondary N) is 1. The van der Waals surface area contributed by atoms with Crippen molar-refractivity contribution in [2.45, 2.75) is 18.1 Å². The molecule has 0 radical (unpaired) electrons. The number of halogens is 4. The van der Waals surface area contributed by atoms with Gasteiger partial charge in [-0.25, -0.2) is 0 Å². The van der Waals surface area contributed by atoms with Crippen LogP contribution in [-0.4, -0.2) is 22.5 Å². The highest BCUT2D eigenvalue weighted by Crippen LogP contribution is 2.40. The normalized spacial score (nSPS) is 16.2. The van der Waals surface area contributed by atoms with E-state index in [9.17, 15) is 22.8 Å². The summed E-state index contributed by atoms with van der Waals surface area (Å²) in [5.74, 6) is -0.300. The third-order valence-corrected chi connectivity index (χ3v) is 6.68. The second kappa shape index (κ2) is 9.49. The number of hydrogen-bond acceptors (Lipinski definition) is 3. The summed E-state index contributed by atoms with van der Waals surface area (Å²) >= 11 is 7.41. The summed E-state index contributed by atoms with van der Waals surface area (Å²) in [4.78, 5) is 26.7. The molecular weight excluding hydrogens is 473 g/mol. The van der Waals surface area contributed by atoms with Crippen molar-refractivity contribution in [3.63, 3.8) is 0 Å². The Morgan fingerprint density at radius 2 is 1.70 bits per heavy atom. The Balaban J connectivity index is 1.49. The Kier molecular flexibility index (Phi) is 6.67. The van der Waals surface area contributed by atoms with Crippen LogP contribution >= 0.6 is 23.4 Å². The molecule has 0 aliphatic carbocycles. The van der Waals surface area contributed by atoms with Crippen molar-refractivity contribution >= 4 is 40.9 Å². The summed E-state index contributed by atoms with van der Waals surface area (Å²) in [6.07, 6.45) is -4.58. The van der Waals surface area contributed by atoms with Gasteiger partial charge in [-0.1, -0.05) is 48.0 Å². The lowest BCUT2D eigenvalue weighted by atomic mass is 10.1. The molecule has 9 heteroatoms. The van der Waals surface area contributed by atoms with E-state index in [1.165, 1.54) is 30.0 Å². The van der Waals surface area contributed by atoms with Crippen LogP contribution in [0.1, 0.15) is 32.4 Å². The first kappa shape index (κ1) is 23.2. The van der Waals surface area contributed by atoms with E-state index in [0.29, 0.717) is 17.3 Å². The number of carbonyl (C=O) groups excluding carboxylic acids is 2. The molecule has 1 fully saturated rings. The predicted octanol–water partition coefficient (Wildman–Crippen LogP) is 6.39. The second-order valence-corrected chi connectivity index (χ2v) is 8.94. The summed E-state index contributed by atoms with van der Waals surface area (Å²) < 4.78 is 39.5. The molecule has 3 aromatic carbocycles. The number of alkyl halides is 3. The number of hydrogen-bond donors (Lipinski definition) is 1. The lowest BCUT2D eigenvalue weighted by Gasteiger charge is -2.24. The molecule has 170 valence electrons.